The van der Waals surface area contributed by atoms with Crippen LogP contribution in [0.2, 0.25) is 0 Å². The van der Waals surface area contributed by atoms with Crippen molar-refractivity contribution in [2.45, 2.75) is 98.0 Å². The van der Waals surface area contributed by atoms with Gasteiger partial charge in [-0.1, -0.05) is 33.4 Å². The van der Waals surface area contributed by atoms with E-state index >= 15 is 0 Å². The summed E-state index contributed by atoms with van der Waals surface area (Å²) in [5.41, 5.74) is 1.43. The molecule has 5 rings (SSSR count). The molecule has 1 aliphatic heterocycles. The maximum Gasteiger partial charge on any atom is 0.334 e. The Morgan fingerprint density at radius 2 is 1.97 bits per heavy atom. The highest BCUT2D eigenvalue weighted by Crippen LogP contribution is 2.88. The number of ether oxygens (including phenoxy) is 2. The van der Waals surface area contributed by atoms with Crippen LogP contribution in [0.15, 0.2) is 23.8 Å². The normalized spacial score (nSPS) is 44.7. The fourth-order valence-electron chi connectivity index (χ4n) is 10.4. The third-order valence-corrected chi connectivity index (χ3v) is 12.6. The third-order valence-electron chi connectivity index (χ3n) is 12.6. The maximum atomic E-state index is 12.7. The summed E-state index contributed by atoms with van der Waals surface area (Å²) in [6, 6.07) is 0. The van der Waals surface area contributed by atoms with Gasteiger partial charge in [-0.15, -0.1) is 0 Å². The molecule has 1 N–H and O–H groups in total. The predicted molar refractivity (Wildman–Crippen MR) is 139 cm³/mol. The van der Waals surface area contributed by atoms with Crippen molar-refractivity contribution < 1.29 is 29.0 Å². The number of aliphatic carboxylic acids is 1. The van der Waals surface area contributed by atoms with Gasteiger partial charge in [0.15, 0.2) is 0 Å². The van der Waals surface area contributed by atoms with Gasteiger partial charge in [0, 0.05) is 23.5 Å². The van der Waals surface area contributed by atoms with Crippen molar-refractivity contribution in [2.75, 3.05) is 7.11 Å². The van der Waals surface area contributed by atoms with E-state index in [0.717, 1.165) is 44.9 Å². The van der Waals surface area contributed by atoms with Crippen LogP contribution in [-0.4, -0.2) is 36.2 Å². The minimum atomic E-state index is -0.836. The van der Waals surface area contributed by atoms with Gasteiger partial charge in [-0.05, 0) is 104 Å². The van der Waals surface area contributed by atoms with Crippen LogP contribution in [0.25, 0.3) is 0 Å². The molecule has 0 amide bonds. The second-order valence-electron chi connectivity index (χ2n) is 13.5. The molecular weight excluding hydrogens is 468 g/mol. The SMILES string of the molecule is C=C1C(=O)O[C@@H]2C[C@@H]3[C@]4(CC[C@]5(C)[C@@H]([C@H](C)CCC=C(C)C(=O)O)CC[C@@]35C)C[C@]4(CCC(=O)OC)[C@H]12. The van der Waals surface area contributed by atoms with Gasteiger partial charge < -0.3 is 14.6 Å². The van der Waals surface area contributed by atoms with Crippen LogP contribution in [0.5, 0.6) is 0 Å². The number of hydrogen-bond donors (Lipinski definition) is 1. The lowest BCUT2D eigenvalue weighted by Crippen LogP contribution is -2.56. The van der Waals surface area contributed by atoms with E-state index < -0.39 is 5.97 Å². The van der Waals surface area contributed by atoms with E-state index in [4.69, 9.17) is 9.47 Å². The van der Waals surface area contributed by atoms with E-state index in [-0.39, 0.29) is 45.6 Å². The summed E-state index contributed by atoms with van der Waals surface area (Å²) in [4.78, 5) is 36.1. The Kier molecular flexibility index (Phi) is 6.23. The predicted octanol–water partition coefficient (Wildman–Crippen LogP) is 6.10. The number of rotatable bonds is 8. The highest BCUT2D eigenvalue weighted by molar-refractivity contribution is 5.91. The fraction of sp³-hybridized carbons (Fsp3) is 0.774. The number of carbonyl (C=O) groups is 3. The second-order valence-corrected chi connectivity index (χ2v) is 13.5. The molecular formula is C31H44O6. The van der Waals surface area contributed by atoms with Crippen molar-refractivity contribution >= 4 is 17.9 Å². The van der Waals surface area contributed by atoms with E-state index in [0.29, 0.717) is 35.3 Å². The summed E-state index contributed by atoms with van der Waals surface area (Å²) in [7, 11) is 1.45. The van der Waals surface area contributed by atoms with Gasteiger partial charge in [-0.25, -0.2) is 9.59 Å². The maximum absolute atomic E-state index is 12.7. The molecule has 204 valence electrons. The molecule has 0 unspecified atom stereocenters. The van der Waals surface area contributed by atoms with Crippen molar-refractivity contribution in [3.05, 3.63) is 23.8 Å². The van der Waals surface area contributed by atoms with E-state index in [1.165, 1.54) is 20.0 Å². The molecule has 1 heterocycles. The zero-order chi connectivity index (χ0) is 27.0. The number of hydrogen-bond acceptors (Lipinski definition) is 5. The molecule has 9 atom stereocenters. The molecule has 0 aromatic rings. The van der Waals surface area contributed by atoms with Crippen molar-refractivity contribution in [1.29, 1.82) is 0 Å². The van der Waals surface area contributed by atoms with Gasteiger partial charge in [0.1, 0.15) is 6.10 Å². The number of allylic oxidation sites excluding steroid dienone is 1. The Bertz CT molecular complexity index is 1060. The highest BCUT2D eigenvalue weighted by atomic mass is 16.6. The van der Waals surface area contributed by atoms with Crippen LogP contribution in [-0.2, 0) is 23.9 Å². The molecule has 0 radical (unpaired) electrons. The second kappa shape index (κ2) is 8.71. The van der Waals surface area contributed by atoms with Crippen LogP contribution in [0.3, 0.4) is 0 Å². The molecule has 1 spiro atoms. The standard InChI is InChI=1S/C31H44O6/c1-18(8-7-9-19(2)26(33)34)21-10-12-29(5)23-16-22-25(20(3)27(35)37-22)31(13-11-24(32)36-6)17-30(23,31)15-14-28(21,29)4/h9,18,21-23,25H,3,7-8,10-17H2,1-2,4-6H3,(H,33,34)/t18-,21-,22-,23+,25-,28-,29+,30+,31-/m1/s1. The zero-order valence-electron chi connectivity index (χ0n) is 23.2. The van der Waals surface area contributed by atoms with Gasteiger partial charge in [-0.2, -0.15) is 0 Å². The zero-order valence-corrected chi connectivity index (χ0v) is 23.2. The van der Waals surface area contributed by atoms with Crippen molar-refractivity contribution in [1.82, 2.24) is 0 Å². The first kappa shape index (κ1) is 26.5. The summed E-state index contributed by atoms with van der Waals surface area (Å²) in [6.07, 6.45) is 11.3. The molecule has 1 saturated heterocycles. The lowest BCUT2D eigenvalue weighted by atomic mass is 9.43. The van der Waals surface area contributed by atoms with Crippen LogP contribution < -0.4 is 0 Å². The smallest absolute Gasteiger partial charge is 0.334 e. The van der Waals surface area contributed by atoms with Gasteiger partial charge in [0.25, 0.3) is 0 Å². The van der Waals surface area contributed by atoms with Crippen molar-refractivity contribution in [3.63, 3.8) is 0 Å². The van der Waals surface area contributed by atoms with Crippen molar-refractivity contribution in [2.24, 2.45) is 45.3 Å². The number of carboxylic acid groups (broad SMARTS) is 1. The Labute approximate surface area is 221 Å². The van der Waals surface area contributed by atoms with Gasteiger partial charge in [-0.3, -0.25) is 4.79 Å². The average Bonchev–Trinajstić information content (AvgIpc) is 3.31. The van der Waals surface area contributed by atoms with E-state index in [9.17, 15) is 19.5 Å². The molecule has 0 aromatic carbocycles. The van der Waals surface area contributed by atoms with Gasteiger partial charge in [0.05, 0.1) is 7.11 Å². The van der Waals surface area contributed by atoms with E-state index in [2.05, 4.69) is 27.4 Å². The Balaban J connectivity index is 1.42. The number of esters is 2. The average molecular weight is 513 g/mol. The largest absolute Gasteiger partial charge is 0.478 e. The van der Waals surface area contributed by atoms with E-state index in [1.807, 2.05) is 6.08 Å². The summed E-state index contributed by atoms with van der Waals surface area (Å²) >= 11 is 0. The van der Waals surface area contributed by atoms with Gasteiger partial charge in [0.2, 0.25) is 0 Å². The molecule has 5 aliphatic rings. The number of fused-ring (bicyclic) bond motifs is 4. The number of carboxylic acids is 1. The van der Waals surface area contributed by atoms with Crippen LogP contribution in [0, 0.1) is 45.3 Å². The summed E-state index contributed by atoms with van der Waals surface area (Å²) in [5, 5.41) is 9.20. The molecule has 5 fully saturated rings. The molecule has 4 saturated carbocycles. The summed E-state index contributed by atoms with van der Waals surface area (Å²) < 4.78 is 11.0. The van der Waals surface area contributed by atoms with Crippen LogP contribution in [0.1, 0.15) is 91.9 Å². The molecule has 0 bridgehead atoms. The van der Waals surface area contributed by atoms with Crippen LogP contribution >= 0.6 is 0 Å². The number of methoxy groups -OCH3 is 1. The molecule has 37 heavy (non-hydrogen) atoms. The minimum absolute atomic E-state index is 0.0225. The van der Waals surface area contributed by atoms with E-state index in [1.54, 1.807) is 6.92 Å². The topological polar surface area (TPSA) is 89.9 Å². The molecule has 6 nitrogen and oxygen atoms in total. The Morgan fingerprint density at radius 3 is 2.65 bits per heavy atom. The molecule has 6 heteroatoms. The summed E-state index contributed by atoms with van der Waals surface area (Å²) in [5.74, 6) is 0.329. The first-order valence-electron chi connectivity index (χ1n) is 14.2. The third kappa shape index (κ3) is 3.52. The Hall–Kier alpha value is -2.11. The molecule has 0 aromatic heterocycles. The summed E-state index contributed by atoms with van der Waals surface area (Å²) in [6.45, 7) is 13.2. The Morgan fingerprint density at radius 1 is 1.24 bits per heavy atom. The van der Waals surface area contributed by atoms with Gasteiger partial charge >= 0.3 is 17.9 Å². The minimum Gasteiger partial charge on any atom is -0.478 e. The van der Waals surface area contributed by atoms with Crippen molar-refractivity contribution in [3.8, 4) is 0 Å². The lowest BCUT2D eigenvalue weighted by molar-refractivity contribution is -0.158. The first-order chi connectivity index (χ1) is 17.4. The molecule has 4 aliphatic carbocycles. The highest BCUT2D eigenvalue weighted by Gasteiger charge is 2.83. The fourth-order valence-corrected chi connectivity index (χ4v) is 10.4. The lowest BCUT2D eigenvalue weighted by Gasteiger charge is -2.61. The van der Waals surface area contributed by atoms with Crippen LogP contribution in [0.4, 0.5) is 0 Å². The first-order valence-corrected chi connectivity index (χ1v) is 14.2. The quantitative estimate of drug-likeness (QED) is 0.312. The monoisotopic (exact) mass is 512 g/mol. The number of carbonyl (C=O) groups excluding carboxylic acids is 2.